The molecule has 2 aliphatic rings. The van der Waals surface area contributed by atoms with Crippen LogP contribution in [0.15, 0.2) is 0 Å². The first kappa shape index (κ1) is 13.3. The van der Waals surface area contributed by atoms with Crippen LogP contribution in [0.25, 0.3) is 0 Å². The number of β-amino-alcohol motifs (C(OH)–C–C–N with tert-alkyl or cyclic N) is 1. The molecule has 102 valence electrons. The number of nitrogens with zero attached hydrogens (tertiary/aromatic N) is 2. The van der Waals surface area contributed by atoms with Gasteiger partial charge in [0, 0.05) is 19.5 Å². The molecule has 0 bridgehead atoms. The van der Waals surface area contributed by atoms with E-state index < -0.39 is 5.60 Å². The van der Waals surface area contributed by atoms with Gasteiger partial charge in [-0.2, -0.15) is 0 Å². The first-order valence-electron chi connectivity index (χ1n) is 6.57. The Hall–Kier alpha value is -1.10. The van der Waals surface area contributed by atoms with Gasteiger partial charge in [0.15, 0.2) is 0 Å². The van der Waals surface area contributed by atoms with Gasteiger partial charge in [-0.05, 0) is 12.8 Å². The highest BCUT2D eigenvalue weighted by Gasteiger charge is 2.44. The average Bonchev–Trinajstić information content (AvgIpc) is 2.55. The topological polar surface area (TPSA) is 60.9 Å². The molecular formula is C13H22N2O3. The summed E-state index contributed by atoms with van der Waals surface area (Å²) in [5.74, 6) is 0.301. The number of rotatable bonds is 3. The van der Waals surface area contributed by atoms with Gasteiger partial charge in [-0.1, -0.05) is 13.8 Å². The predicted molar refractivity (Wildman–Crippen MR) is 66.7 cm³/mol. The molecule has 0 spiro atoms. The maximum atomic E-state index is 12.1. The van der Waals surface area contributed by atoms with E-state index >= 15 is 0 Å². The molecule has 5 heteroatoms. The maximum Gasteiger partial charge on any atom is 0.228 e. The number of amides is 2. The van der Waals surface area contributed by atoms with Gasteiger partial charge in [-0.15, -0.1) is 0 Å². The van der Waals surface area contributed by atoms with Gasteiger partial charge in [0.25, 0.3) is 0 Å². The summed E-state index contributed by atoms with van der Waals surface area (Å²) >= 11 is 0. The van der Waals surface area contributed by atoms with E-state index in [-0.39, 0.29) is 17.7 Å². The Balaban J connectivity index is 1.88. The van der Waals surface area contributed by atoms with Crippen LogP contribution in [0.5, 0.6) is 0 Å². The second-order valence-electron chi connectivity index (χ2n) is 6.28. The molecule has 2 aliphatic heterocycles. The molecule has 1 N–H and O–H groups in total. The minimum atomic E-state index is -0.740. The van der Waals surface area contributed by atoms with Crippen molar-refractivity contribution in [1.82, 2.24) is 9.80 Å². The highest BCUT2D eigenvalue weighted by atomic mass is 16.3. The fourth-order valence-corrected chi connectivity index (χ4v) is 2.74. The molecule has 2 heterocycles. The van der Waals surface area contributed by atoms with Gasteiger partial charge < -0.3 is 14.9 Å². The quantitative estimate of drug-likeness (QED) is 0.776. The Labute approximate surface area is 108 Å². The molecule has 0 aromatic rings. The molecule has 0 aliphatic carbocycles. The summed E-state index contributed by atoms with van der Waals surface area (Å²) in [6.07, 6.45) is 0.324. The third kappa shape index (κ3) is 2.66. The second kappa shape index (κ2) is 4.53. The molecule has 0 radical (unpaired) electrons. The standard InChI is InChI=1S/C13H22N2O3/c1-9(2)5-14-6-10(4-11(14)16)12(17)15-7-13(3,18)8-15/h9-10,18H,4-8H2,1-3H3. The monoisotopic (exact) mass is 254 g/mol. The highest BCUT2D eigenvalue weighted by Crippen LogP contribution is 2.26. The van der Waals surface area contributed by atoms with Crippen LogP contribution < -0.4 is 0 Å². The Bertz CT molecular complexity index is 357. The zero-order valence-corrected chi connectivity index (χ0v) is 11.3. The van der Waals surface area contributed by atoms with Crippen molar-refractivity contribution < 1.29 is 14.7 Å². The summed E-state index contributed by atoms with van der Waals surface area (Å²) in [6, 6.07) is 0. The molecule has 18 heavy (non-hydrogen) atoms. The molecule has 2 saturated heterocycles. The first-order valence-corrected chi connectivity index (χ1v) is 6.57. The lowest BCUT2D eigenvalue weighted by Gasteiger charge is -2.45. The molecule has 0 saturated carbocycles. The zero-order chi connectivity index (χ0) is 13.5. The van der Waals surface area contributed by atoms with Crippen LogP contribution in [-0.2, 0) is 9.59 Å². The Morgan fingerprint density at radius 1 is 1.50 bits per heavy atom. The normalized spacial score (nSPS) is 26.7. The smallest absolute Gasteiger partial charge is 0.228 e. The van der Waals surface area contributed by atoms with Crippen molar-refractivity contribution in [3.63, 3.8) is 0 Å². The minimum absolute atomic E-state index is 0.0149. The highest BCUT2D eigenvalue weighted by molar-refractivity contribution is 5.89. The van der Waals surface area contributed by atoms with Crippen molar-refractivity contribution in [3.8, 4) is 0 Å². The number of carbonyl (C=O) groups excluding carboxylic acids is 2. The number of likely N-dealkylation sites (tertiary alicyclic amines) is 2. The van der Waals surface area contributed by atoms with E-state index in [0.717, 1.165) is 6.54 Å². The molecular weight excluding hydrogens is 232 g/mol. The van der Waals surface area contributed by atoms with Crippen LogP contribution in [0.3, 0.4) is 0 Å². The molecule has 5 nitrogen and oxygen atoms in total. The van der Waals surface area contributed by atoms with Crippen LogP contribution in [0.2, 0.25) is 0 Å². The summed E-state index contributed by atoms with van der Waals surface area (Å²) in [7, 11) is 0. The van der Waals surface area contributed by atoms with E-state index in [1.54, 1.807) is 16.7 Å². The first-order chi connectivity index (χ1) is 8.28. The zero-order valence-electron chi connectivity index (χ0n) is 11.3. The van der Waals surface area contributed by atoms with Gasteiger partial charge in [-0.3, -0.25) is 9.59 Å². The van der Waals surface area contributed by atoms with Gasteiger partial charge in [0.2, 0.25) is 11.8 Å². The van der Waals surface area contributed by atoms with Crippen molar-refractivity contribution in [2.75, 3.05) is 26.2 Å². The van der Waals surface area contributed by atoms with Crippen LogP contribution in [0, 0.1) is 11.8 Å². The number of carbonyl (C=O) groups is 2. The molecule has 0 aromatic carbocycles. The van der Waals surface area contributed by atoms with Gasteiger partial charge in [0.1, 0.15) is 0 Å². The summed E-state index contributed by atoms with van der Waals surface area (Å²) in [5, 5.41) is 9.63. The number of aliphatic hydroxyl groups is 1. The van der Waals surface area contributed by atoms with E-state index in [1.165, 1.54) is 0 Å². The van der Waals surface area contributed by atoms with Gasteiger partial charge in [0.05, 0.1) is 24.6 Å². The average molecular weight is 254 g/mol. The SMILES string of the molecule is CC(C)CN1CC(C(=O)N2CC(C)(O)C2)CC1=O. The lowest BCUT2D eigenvalue weighted by molar-refractivity contribution is -0.156. The largest absolute Gasteiger partial charge is 0.386 e. The minimum Gasteiger partial charge on any atom is -0.386 e. The third-order valence-corrected chi connectivity index (χ3v) is 3.52. The van der Waals surface area contributed by atoms with Crippen LogP contribution in [-0.4, -0.2) is 58.5 Å². The predicted octanol–water partition coefficient (Wildman–Crippen LogP) is 0.0841. The van der Waals surface area contributed by atoms with Crippen molar-refractivity contribution in [1.29, 1.82) is 0 Å². The molecule has 2 fully saturated rings. The third-order valence-electron chi connectivity index (χ3n) is 3.52. The molecule has 2 amide bonds. The summed E-state index contributed by atoms with van der Waals surface area (Å²) in [6.45, 7) is 7.89. The lowest BCUT2D eigenvalue weighted by atomic mass is 9.94. The molecule has 2 rings (SSSR count). The summed E-state index contributed by atoms with van der Waals surface area (Å²) in [4.78, 5) is 27.3. The van der Waals surface area contributed by atoms with Gasteiger partial charge in [-0.25, -0.2) is 0 Å². The lowest BCUT2D eigenvalue weighted by Crippen LogP contribution is -2.62. The van der Waals surface area contributed by atoms with Crippen molar-refractivity contribution in [3.05, 3.63) is 0 Å². The van der Waals surface area contributed by atoms with E-state index in [9.17, 15) is 14.7 Å². The Kier molecular flexibility index (Phi) is 3.36. The summed E-state index contributed by atoms with van der Waals surface area (Å²) < 4.78 is 0. The van der Waals surface area contributed by atoms with Crippen LogP contribution in [0.1, 0.15) is 27.2 Å². The maximum absolute atomic E-state index is 12.1. The van der Waals surface area contributed by atoms with E-state index in [0.29, 0.717) is 32.0 Å². The van der Waals surface area contributed by atoms with Crippen LogP contribution in [0.4, 0.5) is 0 Å². The second-order valence-corrected chi connectivity index (χ2v) is 6.28. The Morgan fingerprint density at radius 2 is 2.11 bits per heavy atom. The number of hydrogen-bond donors (Lipinski definition) is 1. The van der Waals surface area contributed by atoms with Crippen molar-refractivity contribution >= 4 is 11.8 Å². The number of hydrogen-bond acceptors (Lipinski definition) is 3. The van der Waals surface area contributed by atoms with Gasteiger partial charge >= 0.3 is 0 Å². The van der Waals surface area contributed by atoms with E-state index in [1.807, 2.05) is 0 Å². The van der Waals surface area contributed by atoms with E-state index in [4.69, 9.17) is 0 Å². The van der Waals surface area contributed by atoms with E-state index in [2.05, 4.69) is 13.8 Å². The molecule has 0 aromatic heterocycles. The van der Waals surface area contributed by atoms with Crippen LogP contribution >= 0.6 is 0 Å². The fraction of sp³-hybridized carbons (Fsp3) is 0.846. The molecule has 1 unspecified atom stereocenters. The van der Waals surface area contributed by atoms with Crippen molar-refractivity contribution in [2.24, 2.45) is 11.8 Å². The fourth-order valence-electron chi connectivity index (χ4n) is 2.74. The molecule has 1 atom stereocenters. The Morgan fingerprint density at radius 3 is 2.61 bits per heavy atom. The van der Waals surface area contributed by atoms with Crippen molar-refractivity contribution in [2.45, 2.75) is 32.8 Å². The summed E-state index contributed by atoms with van der Waals surface area (Å²) in [5.41, 5.74) is -0.740.